The topological polar surface area (TPSA) is 73.2 Å². The van der Waals surface area contributed by atoms with E-state index < -0.39 is 0 Å². The smallest absolute Gasteiger partial charge is 0.307 e. The number of hydrogen-bond donors (Lipinski definition) is 1. The Balaban J connectivity index is 2.01. The third kappa shape index (κ3) is 3.72. The van der Waals surface area contributed by atoms with Crippen molar-refractivity contribution in [3.8, 4) is 5.69 Å². The fourth-order valence-electron chi connectivity index (χ4n) is 2.13. The first-order chi connectivity index (χ1) is 10.5. The molecule has 0 saturated carbocycles. The number of ether oxygens (including phenoxy) is 1. The van der Waals surface area contributed by atoms with Crippen molar-refractivity contribution in [3.05, 3.63) is 47.3 Å². The highest BCUT2D eigenvalue weighted by Crippen LogP contribution is 2.13. The zero-order valence-electron chi connectivity index (χ0n) is 12.9. The summed E-state index contributed by atoms with van der Waals surface area (Å²) in [6.07, 6.45) is 0.159. The highest BCUT2D eigenvalue weighted by Gasteiger charge is 2.08. The quantitative estimate of drug-likeness (QED) is 0.854. The number of rotatable bonds is 5. The largest absolute Gasteiger partial charge is 0.469 e. The number of aromatic nitrogens is 2. The van der Waals surface area contributed by atoms with Crippen molar-refractivity contribution in [2.24, 2.45) is 0 Å². The minimum absolute atomic E-state index is 0.159. The Kier molecular flexibility index (Phi) is 4.93. The Bertz CT molecular complexity index is 674. The van der Waals surface area contributed by atoms with Crippen LogP contribution in [0, 0.1) is 13.8 Å². The van der Waals surface area contributed by atoms with Gasteiger partial charge in [0.2, 0.25) is 0 Å². The molecule has 1 aromatic carbocycles. The summed E-state index contributed by atoms with van der Waals surface area (Å²) < 4.78 is 6.34. The van der Waals surface area contributed by atoms with Gasteiger partial charge in [-0.3, -0.25) is 9.59 Å². The molecule has 22 heavy (non-hydrogen) atoms. The summed E-state index contributed by atoms with van der Waals surface area (Å²) in [5.41, 5.74) is 3.42. The van der Waals surface area contributed by atoms with E-state index in [2.05, 4.69) is 15.2 Å². The molecule has 0 atom stereocenters. The van der Waals surface area contributed by atoms with Crippen molar-refractivity contribution in [1.29, 1.82) is 0 Å². The lowest BCUT2D eigenvalue weighted by molar-refractivity contribution is -0.140. The average molecular weight is 301 g/mol. The molecule has 116 valence electrons. The van der Waals surface area contributed by atoms with Crippen LogP contribution < -0.4 is 5.32 Å². The standard InChI is InChI=1S/C16H19N3O3/c1-11-10-12(2)19(18-11)14-6-4-13(5-7-14)16(21)17-9-8-15(20)22-3/h4-7,10H,8-9H2,1-3H3,(H,17,21). The minimum atomic E-state index is -0.347. The van der Waals surface area contributed by atoms with Gasteiger partial charge in [-0.1, -0.05) is 0 Å². The highest BCUT2D eigenvalue weighted by molar-refractivity contribution is 5.94. The van der Waals surface area contributed by atoms with Crippen molar-refractivity contribution in [2.75, 3.05) is 13.7 Å². The Morgan fingerprint density at radius 2 is 1.91 bits per heavy atom. The summed E-state index contributed by atoms with van der Waals surface area (Å²) in [5, 5.41) is 7.07. The van der Waals surface area contributed by atoms with E-state index in [1.807, 2.05) is 36.7 Å². The van der Waals surface area contributed by atoms with Crippen molar-refractivity contribution >= 4 is 11.9 Å². The van der Waals surface area contributed by atoms with Gasteiger partial charge < -0.3 is 10.1 Å². The number of amides is 1. The summed E-state index contributed by atoms with van der Waals surface area (Å²) >= 11 is 0. The SMILES string of the molecule is COC(=O)CCNC(=O)c1ccc(-n2nc(C)cc2C)cc1. The molecular weight excluding hydrogens is 282 g/mol. The first-order valence-electron chi connectivity index (χ1n) is 7.00. The Morgan fingerprint density at radius 3 is 2.45 bits per heavy atom. The lowest BCUT2D eigenvalue weighted by atomic mass is 10.2. The fraction of sp³-hybridized carbons (Fsp3) is 0.312. The minimum Gasteiger partial charge on any atom is -0.469 e. The molecule has 0 unspecified atom stereocenters. The van der Waals surface area contributed by atoms with E-state index in [-0.39, 0.29) is 24.8 Å². The van der Waals surface area contributed by atoms with E-state index in [1.165, 1.54) is 7.11 Å². The second-order valence-electron chi connectivity index (χ2n) is 4.97. The number of nitrogens with zero attached hydrogens (tertiary/aromatic N) is 2. The average Bonchev–Trinajstić information content (AvgIpc) is 2.85. The predicted octanol–water partition coefficient (Wildman–Crippen LogP) is 1.78. The van der Waals surface area contributed by atoms with Crippen LogP contribution in [0.15, 0.2) is 30.3 Å². The summed E-state index contributed by atoms with van der Waals surface area (Å²) in [7, 11) is 1.32. The van der Waals surface area contributed by atoms with Crippen molar-refractivity contribution in [3.63, 3.8) is 0 Å². The fourth-order valence-corrected chi connectivity index (χ4v) is 2.13. The molecule has 0 spiro atoms. The maximum atomic E-state index is 11.9. The number of nitrogens with one attached hydrogen (secondary N) is 1. The second-order valence-corrected chi connectivity index (χ2v) is 4.97. The molecule has 2 aromatic rings. The van der Waals surface area contributed by atoms with Gasteiger partial charge in [0.15, 0.2) is 0 Å². The van der Waals surface area contributed by atoms with Crippen LogP contribution in [0.5, 0.6) is 0 Å². The molecular formula is C16H19N3O3. The van der Waals surface area contributed by atoms with Crippen molar-refractivity contribution in [1.82, 2.24) is 15.1 Å². The van der Waals surface area contributed by atoms with Gasteiger partial charge in [-0.25, -0.2) is 4.68 Å². The Labute approximate surface area is 129 Å². The van der Waals surface area contributed by atoms with E-state index in [1.54, 1.807) is 12.1 Å². The normalized spacial score (nSPS) is 10.3. The molecule has 6 nitrogen and oxygen atoms in total. The van der Waals surface area contributed by atoms with Gasteiger partial charge in [-0.2, -0.15) is 5.10 Å². The molecule has 2 rings (SSSR count). The maximum absolute atomic E-state index is 11.9. The molecule has 6 heteroatoms. The third-order valence-electron chi connectivity index (χ3n) is 3.23. The van der Waals surface area contributed by atoms with Gasteiger partial charge in [-0.05, 0) is 44.2 Å². The molecule has 1 heterocycles. The van der Waals surface area contributed by atoms with Crippen LogP contribution >= 0.6 is 0 Å². The molecule has 1 amide bonds. The summed E-state index contributed by atoms with van der Waals surface area (Å²) in [5.74, 6) is -0.566. The number of esters is 1. The zero-order valence-corrected chi connectivity index (χ0v) is 12.9. The van der Waals surface area contributed by atoms with Gasteiger partial charge in [0.25, 0.3) is 5.91 Å². The molecule has 1 aromatic heterocycles. The van der Waals surface area contributed by atoms with Crippen LogP contribution in [0.3, 0.4) is 0 Å². The molecule has 1 N–H and O–H groups in total. The van der Waals surface area contributed by atoms with Crippen LogP contribution in [0.1, 0.15) is 28.2 Å². The van der Waals surface area contributed by atoms with Gasteiger partial charge in [0.1, 0.15) is 0 Å². The van der Waals surface area contributed by atoms with Gasteiger partial charge in [-0.15, -0.1) is 0 Å². The zero-order chi connectivity index (χ0) is 16.1. The molecule has 0 fully saturated rings. The number of benzene rings is 1. The number of carbonyl (C=O) groups is 2. The number of carbonyl (C=O) groups excluding carboxylic acids is 2. The van der Waals surface area contributed by atoms with E-state index in [4.69, 9.17) is 0 Å². The monoisotopic (exact) mass is 301 g/mol. The number of methoxy groups -OCH3 is 1. The maximum Gasteiger partial charge on any atom is 0.307 e. The molecule has 0 aliphatic rings. The van der Waals surface area contributed by atoms with Crippen LogP contribution in [-0.4, -0.2) is 35.3 Å². The summed E-state index contributed by atoms with van der Waals surface area (Å²) in [6, 6.07) is 9.15. The summed E-state index contributed by atoms with van der Waals surface area (Å²) in [4.78, 5) is 22.9. The van der Waals surface area contributed by atoms with Crippen LogP contribution in [0.2, 0.25) is 0 Å². The Hall–Kier alpha value is -2.63. The Morgan fingerprint density at radius 1 is 1.23 bits per heavy atom. The van der Waals surface area contributed by atoms with E-state index in [9.17, 15) is 9.59 Å². The second kappa shape index (κ2) is 6.89. The first kappa shape index (κ1) is 15.8. The van der Waals surface area contributed by atoms with E-state index in [0.717, 1.165) is 17.1 Å². The van der Waals surface area contributed by atoms with Crippen LogP contribution in [0.25, 0.3) is 5.69 Å². The van der Waals surface area contributed by atoms with Crippen molar-refractivity contribution < 1.29 is 14.3 Å². The number of aryl methyl sites for hydroxylation is 2. The van der Waals surface area contributed by atoms with E-state index in [0.29, 0.717) is 5.56 Å². The van der Waals surface area contributed by atoms with E-state index >= 15 is 0 Å². The molecule has 0 aliphatic heterocycles. The van der Waals surface area contributed by atoms with Crippen molar-refractivity contribution in [2.45, 2.75) is 20.3 Å². The summed E-state index contributed by atoms with van der Waals surface area (Å²) in [6.45, 7) is 4.17. The molecule has 0 bridgehead atoms. The molecule has 0 radical (unpaired) electrons. The highest BCUT2D eigenvalue weighted by atomic mass is 16.5. The van der Waals surface area contributed by atoms with Crippen LogP contribution in [0.4, 0.5) is 0 Å². The molecule has 0 aliphatic carbocycles. The van der Waals surface area contributed by atoms with Gasteiger partial charge in [0.05, 0.1) is 24.9 Å². The third-order valence-corrected chi connectivity index (χ3v) is 3.23. The van der Waals surface area contributed by atoms with Gasteiger partial charge in [0, 0.05) is 17.8 Å². The van der Waals surface area contributed by atoms with Gasteiger partial charge >= 0.3 is 5.97 Å². The lowest BCUT2D eigenvalue weighted by Crippen LogP contribution is -2.26. The van der Waals surface area contributed by atoms with Crippen LogP contribution in [-0.2, 0) is 9.53 Å². The predicted molar refractivity (Wildman–Crippen MR) is 82.0 cm³/mol. The first-order valence-corrected chi connectivity index (χ1v) is 7.00. The number of hydrogen-bond acceptors (Lipinski definition) is 4. The lowest BCUT2D eigenvalue weighted by Gasteiger charge is -2.07. The molecule has 0 saturated heterocycles.